The van der Waals surface area contributed by atoms with Crippen molar-refractivity contribution in [1.82, 2.24) is 15.1 Å². The van der Waals surface area contributed by atoms with Crippen molar-refractivity contribution in [3.63, 3.8) is 0 Å². The molecule has 0 aromatic heterocycles. The van der Waals surface area contributed by atoms with Crippen LogP contribution in [0.2, 0.25) is 0 Å². The highest BCUT2D eigenvalue weighted by Crippen LogP contribution is 2.16. The summed E-state index contributed by atoms with van der Waals surface area (Å²) >= 11 is 0. The second kappa shape index (κ2) is 9.23. The molecular weight excluding hydrogens is 354 g/mol. The van der Waals surface area contributed by atoms with Crippen LogP contribution in [0.15, 0.2) is 18.2 Å². The number of nitrogens with one attached hydrogen (secondary N) is 2. The molecule has 1 fully saturated rings. The fourth-order valence-electron chi connectivity index (χ4n) is 3.02. The molecule has 1 aliphatic rings. The molecule has 1 aliphatic heterocycles. The van der Waals surface area contributed by atoms with Gasteiger partial charge in [-0.25, -0.2) is 8.78 Å². The molecule has 0 aliphatic carbocycles. The minimum absolute atomic E-state index is 0.107. The summed E-state index contributed by atoms with van der Waals surface area (Å²) < 4.78 is 26.0. The average Bonchev–Trinajstić information content (AvgIpc) is 2.82. The van der Waals surface area contributed by atoms with Gasteiger partial charge < -0.3 is 10.6 Å². The zero-order valence-electron chi connectivity index (χ0n) is 16.1. The summed E-state index contributed by atoms with van der Waals surface area (Å²) in [6, 6.07) is 3.09. The minimum Gasteiger partial charge on any atom is -0.346 e. The molecule has 2 amide bonds. The predicted octanol–water partition coefficient (Wildman–Crippen LogP) is 1.83. The van der Waals surface area contributed by atoms with Crippen LogP contribution in [0.5, 0.6) is 0 Å². The van der Waals surface area contributed by atoms with Gasteiger partial charge in [-0.05, 0) is 52.4 Å². The number of nitrogens with zero attached hydrogens (tertiary/aromatic N) is 2. The van der Waals surface area contributed by atoms with Gasteiger partial charge >= 0.3 is 0 Å². The summed E-state index contributed by atoms with van der Waals surface area (Å²) in [6.07, 6.45) is 0.987. The van der Waals surface area contributed by atoms with Crippen molar-refractivity contribution in [1.29, 1.82) is 0 Å². The van der Waals surface area contributed by atoms with E-state index in [2.05, 4.69) is 41.2 Å². The molecule has 1 aromatic carbocycles. The van der Waals surface area contributed by atoms with Gasteiger partial charge in [-0.2, -0.15) is 0 Å². The summed E-state index contributed by atoms with van der Waals surface area (Å²) in [5.74, 6) is -2.75. The lowest BCUT2D eigenvalue weighted by Crippen LogP contribution is -2.44. The van der Waals surface area contributed by atoms with Gasteiger partial charge in [0.05, 0.1) is 13.1 Å². The third-order valence-electron chi connectivity index (χ3n) is 4.55. The van der Waals surface area contributed by atoms with E-state index in [1.54, 1.807) is 0 Å². The Morgan fingerprint density at radius 3 is 2.44 bits per heavy atom. The first-order valence-corrected chi connectivity index (χ1v) is 9.14. The highest BCUT2D eigenvalue weighted by molar-refractivity contribution is 5.94. The summed E-state index contributed by atoms with van der Waals surface area (Å²) in [7, 11) is 0. The molecule has 1 heterocycles. The number of rotatable bonds is 5. The van der Waals surface area contributed by atoms with Crippen LogP contribution in [-0.4, -0.2) is 66.4 Å². The lowest BCUT2D eigenvalue weighted by Gasteiger charge is -2.34. The topological polar surface area (TPSA) is 64.7 Å². The van der Waals surface area contributed by atoms with Crippen LogP contribution in [-0.2, 0) is 9.59 Å². The molecule has 2 rings (SSSR count). The summed E-state index contributed by atoms with van der Waals surface area (Å²) in [5.41, 5.74) is 0.249. The van der Waals surface area contributed by atoms with Gasteiger partial charge in [-0.3, -0.25) is 19.4 Å². The Hall–Kier alpha value is -2.06. The summed E-state index contributed by atoms with van der Waals surface area (Å²) in [5, 5.41) is 4.98. The van der Waals surface area contributed by atoms with Crippen LogP contribution in [0.4, 0.5) is 14.5 Å². The molecule has 1 aromatic rings. The lowest BCUT2D eigenvalue weighted by atomic mass is 10.1. The second-order valence-corrected chi connectivity index (χ2v) is 7.74. The molecule has 0 spiro atoms. The van der Waals surface area contributed by atoms with Crippen LogP contribution in [0, 0.1) is 11.6 Å². The molecule has 0 bridgehead atoms. The zero-order chi connectivity index (χ0) is 20.0. The van der Waals surface area contributed by atoms with Crippen molar-refractivity contribution < 1.29 is 18.4 Å². The third kappa shape index (κ3) is 6.88. The van der Waals surface area contributed by atoms with Gasteiger partial charge in [0.1, 0.15) is 0 Å². The monoisotopic (exact) mass is 382 g/mol. The van der Waals surface area contributed by atoms with E-state index < -0.39 is 17.5 Å². The molecule has 0 atom stereocenters. The Balaban J connectivity index is 1.74. The SMILES string of the molecule is CC(C)(C)N1CCCN(CC(=O)NCC(=O)Nc2ccc(F)c(F)c2)CC1. The molecule has 6 nitrogen and oxygen atoms in total. The van der Waals surface area contributed by atoms with Crippen molar-refractivity contribution in [2.75, 3.05) is 44.6 Å². The van der Waals surface area contributed by atoms with E-state index in [1.165, 1.54) is 6.07 Å². The summed E-state index contributed by atoms with van der Waals surface area (Å²) in [4.78, 5) is 28.4. The van der Waals surface area contributed by atoms with E-state index in [-0.39, 0.29) is 30.2 Å². The van der Waals surface area contributed by atoms with E-state index in [0.29, 0.717) is 0 Å². The normalized spacial score (nSPS) is 16.6. The van der Waals surface area contributed by atoms with Gasteiger partial charge in [0.2, 0.25) is 11.8 Å². The minimum atomic E-state index is -1.04. The highest BCUT2D eigenvalue weighted by atomic mass is 19.2. The van der Waals surface area contributed by atoms with E-state index in [1.807, 2.05) is 0 Å². The van der Waals surface area contributed by atoms with Gasteiger partial charge in [0.15, 0.2) is 11.6 Å². The van der Waals surface area contributed by atoms with Crippen molar-refractivity contribution in [3.8, 4) is 0 Å². The van der Waals surface area contributed by atoms with Crippen molar-refractivity contribution in [2.45, 2.75) is 32.7 Å². The van der Waals surface area contributed by atoms with Gasteiger partial charge in [0.25, 0.3) is 0 Å². The molecule has 1 saturated heterocycles. The van der Waals surface area contributed by atoms with Crippen LogP contribution in [0.1, 0.15) is 27.2 Å². The van der Waals surface area contributed by atoms with E-state index in [4.69, 9.17) is 0 Å². The number of benzene rings is 1. The van der Waals surface area contributed by atoms with Crippen LogP contribution in [0.25, 0.3) is 0 Å². The van der Waals surface area contributed by atoms with E-state index in [9.17, 15) is 18.4 Å². The number of hydrogen-bond acceptors (Lipinski definition) is 4. The fraction of sp³-hybridized carbons (Fsp3) is 0.579. The number of anilines is 1. The predicted molar refractivity (Wildman–Crippen MR) is 100 cm³/mol. The average molecular weight is 382 g/mol. The second-order valence-electron chi connectivity index (χ2n) is 7.74. The van der Waals surface area contributed by atoms with Gasteiger partial charge in [0, 0.05) is 30.4 Å². The Kier molecular flexibility index (Phi) is 7.26. The largest absolute Gasteiger partial charge is 0.346 e. The fourth-order valence-corrected chi connectivity index (χ4v) is 3.02. The van der Waals surface area contributed by atoms with Crippen LogP contribution in [0.3, 0.4) is 0 Å². The van der Waals surface area contributed by atoms with Crippen molar-refractivity contribution >= 4 is 17.5 Å². The molecule has 8 heteroatoms. The van der Waals surface area contributed by atoms with Gasteiger partial charge in [-0.1, -0.05) is 0 Å². The molecule has 0 saturated carbocycles. The molecule has 0 radical (unpaired) electrons. The van der Waals surface area contributed by atoms with E-state index >= 15 is 0 Å². The Morgan fingerprint density at radius 2 is 1.78 bits per heavy atom. The Labute approximate surface area is 158 Å². The number of halogens is 2. The maximum absolute atomic E-state index is 13.1. The highest BCUT2D eigenvalue weighted by Gasteiger charge is 2.24. The number of amides is 2. The molecule has 0 unspecified atom stereocenters. The van der Waals surface area contributed by atoms with Crippen molar-refractivity contribution in [3.05, 3.63) is 29.8 Å². The standard InChI is InChI=1S/C19H28F2N4O2/c1-19(2,3)25-8-4-7-24(9-10-25)13-18(27)22-12-17(26)23-14-5-6-15(20)16(21)11-14/h5-6,11H,4,7-10,12-13H2,1-3H3,(H,22,27)(H,23,26). The Morgan fingerprint density at radius 1 is 1.04 bits per heavy atom. The zero-order valence-corrected chi connectivity index (χ0v) is 16.1. The number of carbonyl (C=O) groups excluding carboxylic acids is 2. The van der Waals surface area contributed by atoms with Crippen molar-refractivity contribution in [2.24, 2.45) is 0 Å². The third-order valence-corrected chi connectivity index (χ3v) is 4.55. The van der Waals surface area contributed by atoms with Gasteiger partial charge in [-0.15, -0.1) is 0 Å². The van der Waals surface area contributed by atoms with E-state index in [0.717, 1.165) is 44.7 Å². The lowest BCUT2D eigenvalue weighted by molar-refractivity contribution is -0.125. The molecular formula is C19H28F2N4O2. The number of carbonyl (C=O) groups is 2. The molecule has 27 heavy (non-hydrogen) atoms. The Bertz CT molecular complexity index is 676. The number of hydrogen-bond donors (Lipinski definition) is 2. The first-order valence-electron chi connectivity index (χ1n) is 9.14. The quantitative estimate of drug-likeness (QED) is 0.816. The smallest absolute Gasteiger partial charge is 0.243 e. The first-order chi connectivity index (χ1) is 12.6. The first kappa shape index (κ1) is 21.2. The van der Waals surface area contributed by atoms with Crippen LogP contribution >= 0.6 is 0 Å². The molecule has 150 valence electrons. The maximum Gasteiger partial charge on any atom is 0.243 e. The summed E-state index contributed by atoms with van der Waals surface area (Å²) in [6.45, 7) is 10.1. The maximum atomic E-state index is 13.1. The molecule has 2 N–H and O–H groups in total. The van der Waals surface area contributed by atoms with Crippen LogP contribution < -0.4 is 10.6 Å².